The van der Waals surface area contributed by atoms with Gasteiger partial charge in [-0.25, -0.2) is 9.69 Å². The number of nitrogens with zero attached hydrogens (tertiary/aromatic N) is 1. The number of para-hydroxylation sites is 1. The number of halogens is 1. The van der Waals surface area contributed by atoms with Crippen molar-refractivity contribution in [3.8, 4) is 0 Å². The van der Waals surface area contributed by atoms with Crippen LogP contribution in [0.3, 0.4) is 0 Å². The van der Waals surface area contributed by atoms with E-state index in [9.17, 15) is 19.2 Å². The molecule has 0 saturated carbocycles. The molecule has 3 amide bonds. The van der Waals surface area contributed by atoms with E-state index in [-0.39, 0.29) is 21.9 Å². The minimum absolute atomic E-state index is 0.0896. The van der Waals surface area contributed by atoms with E-state index in [1.165, 1.54) is 13.2 Å². The van der Waals surface area contributed by atoms with E-state index >= 15 is 0 Å². The van der Waals surface area contributed by atoms with Crippen molar-refractivity contribution < 1.29 is 23.9 Å². The van der Waals surface area contributed by atoms with Crippen molar-refractivity contribution in [2.75, 3.05) is 22.6 Å². The molecule has 2 N–H and O–H groups in total. The van der Waals surface area contributed by atoms with Crippen LogP contribution in [-0.4, -0.2) is 30.8 Å². The summed E-state index contributed by atoms with van der Waals surface area (Å²) in [6.45, 7) is 4.10. The number of carbonyl (C=O) groups is 4. The molecule has 0 atom stereocenters. The molecular weight excluding hydrogens is 494 g/mol. The SMILES string of the molecule is COC(=O)c1ccccc1NC(=O)c1cccc(NC2=C(Cl)C(=O)N(c3ccc(C(C)C)cc3)C2=O)c1. The van der Waals surface area contributed by atoms with E-state index in [0.717, 1.165) is 10.5 Å². The van der Waals surface area contributed by atoms with Gasteiger partial charge in [0, 0.05) is 11.3 Å². The number of anilines is 3. The predicted molar refractivity (Wildman–Crippen MR) is 142 cm³/mol. The van der Waals surface area contributed by atoms with Crippen LogP contribution in [-0.2, 0) is 14.3 Å². The fourth-order valence-corrected chi connectivity index (χ4v) is 4.02. The van der Waals surface area contributed by atoms with Gasteiger partial charge in [-0.05, 0) is 53.9 Å². The number of methoxy groups -OCH3 is 1. The maximum Gasteiger partial charge on any atom is 0.339 e. The van der Waals surface area contributed by atoms with Gasteiger partial charge in [-0.1, -0.05) is 55.8 Å². The van der Waals surface area contributed by atoms with Gasteiger partial charge in [0.2, 0.25) is 0 Å². The van der Waals surface area contributed by atoms with E-state index in [1.54, 1.807) is 54.6 Å². The minimum atomic E-state index is -0.639. The topological polar surface area (TPSA) is 105 Å². The molecule has 0 bridgehead atoms. The molecule has 1 aliphatic rings. The smallest absolute Gasteiger partial charge is 0.339 e. The third-order valence-corrected chi connectivity index (χ3v) is 6.17. The molecule has 9 heteroatoms. The minimum Gasteiger partial charge on any atom is -0.465 e. The molecule has 0 aliphatic carbocycles. The number of hydrogen-bond donors (Lipinski definition) is 2. The second-order valence-corrected chi connectivity index (χ2v) is 8.96. The Labute approximate surface area is 218 Å². The first kappa shape index (κ1) is 25.7. The van der Waals surface area contributed by atoms with E-state index in [1.807, 2.05) is 26.0 Å². The monoisotopic (exact) mass is 517 g/mol. The molecule has 0 unspecified atom stereocenters. The van der Waals surface area contributed by atoms with Crippen LogP contribution in [0.1, 0.15) is 46.0 Å². The highest BCUT2D eigenvalue weighted by atomic mass is 35.5. The summed E-state index contributed by atoms with van der Waals surface area (Å²) in [6, 6.07) is 19.9. The van der Waals surface area contributed by atoms with Crippen molar-refractivity contribution in [3.05, 3.63) is 100 Å². The quantitative estimate of drug-likeness (QED) is 0.326. The molecule has 1 heterocycles. The van der Waals surface area contributed by atoms with Crippen LogP contribution in [0.2, 0.25) is 0 Å². The number of imide groups is 1. The van der Waals surface area contributed by atoms with Crippen molar-refractivity contribution >= 4 is 52.4 Å². The number of rotatable bonds is 7. The number of esters is 1. The first-order valence-electron chi connectivity index (χ1n) is 11.5. The molecule has 0 spiro atoms. The summed E-state index contributed by atoms with van der Waals surface area (Å²) in [4.78, 5) is 51.8. The molecule has 0 aromatic heterocycles. The fourth-order valence-electron chi connectivity index (χ4n) is 3.81. The van der Waals surface area contributed by atoms with Gasteiger partial charge in [-0.2, -0.15) is 0 Å². The summed E-state index contributed by atoms with van der Waals surface area (Å²) in [5, 5.41) is 5.32. The highest BCUT2D eigenvalue weighted by Gasteiger charge is 2.39. The highest BCUT2D eigenvalue weighted by Crippen LogP contribution is 2.31. The van der Waals surface area contributed by atoms with Crippen LogP contribution in [0.4, 0.5) is 17.1 Å². The molecule has 0 radical (unpaired) electrons. The Kier molecular flexibility index (Phi) is 7.40. The molecular formula is C28H24ClN3O5. The Morgan fingerprint density at radius 1 is 0.919 bits per heavy atom. The van der Waals surface area contributed by atoms with Crippen LogP contribution < -0.4 is 15.5 Å². The first-order chi connectivity index (χ1) is 17.7. The van der Waals surface area contributed by atoms with Crippen LogP contribution in [0, 0.1) is 0 Å². The Morgan fingerprint density at radius 3 is 2.30 bits per heavy atom. The van der Waals surface area contributed by atoms with Gasteiger partial charge in [0.05, 0.1) is 24.0 Å². The van der Waals surface area contributed by atoms with E-state index in [2.05, 4.69) is 10.6 Å². The third-order valence-electron chi connectivity index (χ3n) is 5.82. The van der Waals surface area contributed by atoms with Crippen molar-refractivity contribution in [3.63, 3.8) is 0 Å². The fraction of sp³-hybridized carbons (Fsp3) is 0.143. The average molecular weight is 518 g/mol. The highest BCUT2D eigenvalue weighted by molar-refractivity contribution is 6.53. The molecule has 3 aromatic rings. The normalized spacial score (nSPS) is 13.3. The average Bonchev–Trinajstić information content (AvgIpc) is 3.11. The Hall–Kier alpha value is -4.43. The molecule has 0 saturated heterocycles. The van der Waals surface area contributed by atoms with Gasteiger partial charge >= 0.3 is 5.97 Å². The van der Waals surface area contributed by atoms with Crippen molar-refractivity contribution in [1.82, 2.24) is 0 Å². The molecule has 3 aromatic carbocycles. The summed E-state index contributed by atoms with van der Waals surface area (Å²) >= 11 is 6.25. The third kappa shape index (κ3) is 5.24. The van der Waals surface area contributed by atoms with Crippen molar-refractivity contribution in [2.45, 2.75) is 19.8 Å². The Morgan fingerprint density at radius 2 is 1.62 bits per heavy atom. The molecule has 188 valence electrons. The van der Waals surface area contributed by atoms with Crippen LogP contribution in [0.5, 0.6) is 0 Å². The van der Waals surface area contributed by atoms with Crippen molar-refractivity contribution in [1.29, 1.82) is 0 Å². The molecule has 8 nitrogen and oxygen atoms in total. The lowest BCUT2D eigenvalue weighted by atomic mass is 10.0. The maximum atomic E-state index is 13.1. The Balaban J connectivity index is 1.53. The summed E-state index contributed by atoms with van der Waals surface area (Å²) in [6.07, 6.45) is 0. The summed E-state index contributed by atoms with van der Waals surface area (Å²) in [5.74, 6) is -2.01. The zero-order valence-electron chi connectivity index (χ0n) is 20.4. The summed E-state index contributed by atoms with van der Waals surface area (Å²) in [7, 11) is 1.26. The van der Waals surface area contributed by atoms with E-state index < -0.39 is 23.7 Å². The molecule has 1 aliphatic heterocycles. The predicted octanol–water partition coefficient (Wildman–Crippen LogP) is 5.28. The maximum absolute atomic E-state index is 13.1. The lowest BCUT2D eigenvalue weighted by Crippen LogP contribution is -2.32. The van der Waals surface area contributed by atoms with Crippen LogP contribution >= 0.6 is 11.6 Å². The second kappa shape index (κ2) is 10.7. The number of nitrogens with one attached hydrogen (secondary N) is 2. The number of amides is 3. The lowest BCUT2D eigenvalue weighted by molar-refractivity contribution is -0.120. The van der Waals surface area contributed by atoms with Gasteiger partial charge in [0.1, 0.15) is 10.7 Å². The standard InChI is InChI=1S/C28H24ClN3O5/c1-16(2)17-11-13-20(14-12-17)32-26(34)23(29)24(27(32)35)30-19-8-6-7-18(15-19)25(33)31-22-10-5-4-9-21(22)28(36)37-3/h4-16,30H,1-3H3,(H,31,33). The summed E-state index contributed by atoms with van der Waals surface area (Å²) < 4.78 is 4.76. The van der Waals surface area contributed by atoms with E-state index in [0.29, 0.717) is 23.0 Å². The van der Waals surface area contributed by atoms with Crippen LogP contribution in [0.25, 0.3) is 0 Å². The van der Waals surface area contributed by atoms with Gasteiger partial charge in [0.15, 0.2) is 0 Å². The second-order valence-electron chi connectivity index (χ2n) is 8.58. The molecule has 37 heavy (non-hydrogen) atoms. The number of ether oxygens (including phenoxy) is 1. The Bertz CT molecular complexity index is 1430. The molecule has 4 rings (SSSR count). The number of benzene rings is 3. The van der Waals surface area contributed by atoms with Crippen molar-refractivity contribution in [2.24, 2.45) is 0 Å². The zero-order valence-corrected chi connectivity index (χ0v) is 21.1. The van der Waals surface area contributed by atoms with Gasteiger partial charge in [-0.3, -0.25) is 14.4 Å². The van der Waals surface area contributed by atoms with Crippen LogP contribution in [0.15, 0.2) is 83.5 Å². The lowest BCUT2D eigenvalue weighted by Gasteiger charge is -2.16. The van der Waals surface area contributed by atoms with Gasteiger partial charge in [-0.15, -0.1) is 0 Å². The van der Waals surface area contributed by atoms with Gasteiger partial charge < -0.3 is 15.4 Å². The summed E-state index contributed by atoms with van der Waals surface area (Å²) in [5.41, 5.74) is 2.52. The molecule has 0 fully saturated rings. The zero-order chi connectivity index (χ0) is 26.7. The van der Waals surface area contributed by atoms with E-state index in [4.69, 9.17) is 16.3 Å². The number of carbonyl (C=O) groups excluding carboxylic acids is 4. The first-order valence-corrected chi connectivity index (χ1v) is 11.8. The largest absolute Gasteiger partial charge is 0.465 e. The number of hydrogen-bond acceptors (Lipinski definition) is 6. The van der Waals surface area contributed by atoms with Gasteiger partial charge in [0.25, 0.3) is 17.7 Å².